The molecule has 34 heavy (non-hydrogen) atoms. The van der Waals surface area contributed by atoms with Crippen LogP contribution < -0.4 is 5.43 Å². The van der Waals surface area contributed by atoms with Gasteiger partial charge in [0.15, 0.2) is 0 Å². The van der Waals surface area contributed by atoms with Gasteiger partial charge in [0.2, 0.25) is 10.0 Å². The molecule has 178 valence electrons. The molecule has 0 aliphatic carbocycles. The lowest BCUT2D eigenvalue weighted by molar-refractivity contribution is -0.121. The van der Waals surface area contributed by atoms with E-state index in [1.54, 1.807) is 26.0 Å². The number of halogens is 1. The SMILES string of the molecule is Cc1cc(C)c(S(=O)(=O)N(CCc2ccccc2)CC(=O)NN=Cc2ccccc2F)c(C)c1. The average Bonchev–Trinajstić information content (AvgIpc) is 2.77. The van der Waals surface area contributed by atoms with Gasteiger partial charge in [0.25, 0.3) is 5.91 Å². The second kappa shape index (κ2) is 11.2. The third-order valence-corrected chi connectivity index (χ3v) is 7.46. The third kappa shape index (κ3) is 6.36. The zero-order valence-electron chi connectivity index (χ0n) is 19.5. The largest absolute Gasteiger partial charge is 0.272 e. The van der Waals surface area contributed by atoms with E-state index in [-0.39, 0.29) is 17.0 Å². The number of hydrazone groups is 1. The number of benzene rings is 3. The molecule has 1 amide bonds. The van der Waals surface area contributed by atoms with Crippen LogP contribution in [0.15, 0.2) is 76.7 Å². The first-order chi connectivity index (χ1) is 16.2. The Morgan fingerprint density at radius 3 is 2.26 bits per heavy atom. The maximum Gasteiger partial charge on any atom is 0.255 e. The molecule has 3 aromatic carbocycles. The van der Waals surface area contributed by atoms with Crippen molar-refractivity contribution in [2.75, 3.05) is 13.1 Å². The number of carbonyl (C=O) groups is 1. The van der Waals surface area contributed by atoms with Gasteiger partial charge in [-0.1, -0.05) is 66.2 Å². The van der Waals surface area contributed by atoms with Crippen molar-refractivity contribution in [1.82, 2.24) is 9.73 Å². The maximum absolute atomic E-state index is 13.7. The molecule has 8 heteroatoms. The number of amides is 1. The van der Waals surface area contributed by atoms with Gasteiger partial charge in [-0.05, 0) is 49.9 Å². The van der Waals surface area contributed by atoms with Gasteiger partial charge >= 0.3 is 0 Å². The molecule has 0 saturated carbocycles. The summed E-state index contributed by atoms with van der Waals surface area (Å²) in [6.45, 7) is 5.10. The molecule has 0 fully saturated rings. The second-order valence-corrected chi connectivity index (χ2v) is 9.99. The minimum absolute atomic E-state index is 0.115. The van der Waals surface area contributed by atoms with Crippen molar-refractivity contribution < 1.29 is 17.6 Å². The van der Waals surface area contributed by atoms with Crippen LogP contribution in [0, 0.1) is 26.6 Å². The molecule has 0 spiro atoms. The molecule has 3 rings (SSSR count). The lowest BCUT2D eigenvalue weighted by atomic mass is 10.1. The van der Waals surface area contributed by atoms with Crippen molar-refractivity contribution in [1.29, 1.82) is 0 Å². The summed E-state index contributed by atoms with van der Waals surface area (Å²) in [5.41, 5.74) is 5.69. The summed E-state index contributed by atoms with van der Waals surface area (Å²) in [5, 5.41) is 3.79. The molecular formula is C26H28FN3O3S. The lowest BCUT2D eigenvalue weighted by Gasteiger charge is -2.24. The zero-order chi connectivity index (χ0) is 24.7. The highest BCUT2D eigenvalue weighted by Crippen LogP contribution is 2.25. The highest BCUT2D eigenvalue weighted by Gasteiger charge is 2.29. The minimum atomic E-state index is -3.97. The Labute approximate surface area is 200 Å². The fourth-order valence-corrected chi connectivity index (χ4v) is 5.64. The fourth-order valence-electron chi connectivity index (χ4n) is 3.83. The number of carbonyl (C=O) groups excluding carboxylic acids is 1. The summed E-state index contributed by atoms with van der Waals surface area (Å²) in [6, 6.07) is 19.1. The Hall–Kier alpha value is -3.36. The van der Waals surface area contributed by atoms with E-state index in [9.17, 15) is 17.6 Å². The first kappa shape index (κ1) is 25.3. The summed E-state index contributed by atoms with van der Waals surface area (Å²) < 4.78 is 42.2. The maximum atomic E-state index is 13.7. The normalized spacial score (nSPS) is 11.8. The Morgan fingerprint density at radius 2 is 1.62 bits per heavy atom. The Bertz CT molecular complexity index is 1270. The molecular weight excluding hydrogens is 453 g/mol. The molecule has 1 N–H and O–H groups in total. The number of sulfonamides is 1. The molecule has 6 nitrogen and oxygen atoms in total. The van der Waals surface area contributed by atoms with Gasteiger partial charge in [0, 0.05) is 12.1 Å². The summed E-state index contributed by atoms with van der Waals surface area (Å²) in [7, 11) is -3.97. The summed E-state index contributed by atoms with van der Waals surface area (Å²) in [6.07, 6.45) is 1.63. The van der Waals surface area contributed by atoms with Gasteiger partial charge in [-0.25, -0.2) is 18.2 Å². The van der Waals surface area contributed by atoms with Crippen LogP contribution in [0.5, 0.6) is 0 Å². The first-order valence-electron chi connectivity index (χ1n) is 10.9. The zero-order valence-corrected chi connectivity index (χ0v) is 20.3. The summed E-state index contributed by atoms with van der Waals surface area (Å²) in [4.78, 5) is 12.8. The quantitative estimate of drug-likeness (QED) is 0.369. The summed E-state index contributed by atoms with van der Waals surface area (Å²) in [5.74, 6) is -1.09. The minimum Gasteiger partial charge on any atom is -0.272 e. The molecule has 0 aliphatic rings. The van der Waals surface area contributed by atoms with Gasteiger partial charge in [0.05, 0.1) is 17.7 Å². The van der Waals surface area contributed by atoms with Crippen LogP contribution in [0.25, 0.3) is 0 Å². The van der Waals surface area contributed by atoms with Crippen LogP contribution in [0.2, 0.25) is 0 Å². The Kier molecular flexibility index (Phi) is 8.31. The van der Waals surface area contributed by atoms with Gasteiger partial charge < -0.3 is 0 Å². The van der Waals surface area contributed by atoms with Crippen LogP contribution in [0.4, 0.5) is 4.39 Å². The smallest absolute Gasteiger partial charge is 0.255 e. The van der Waals surface area contributed by atoms with Crippen molar-refractivity contribution in [3.63, 3.8) is 0 Å². The van der Waals surface area contributed by atoms with E-state index in [1.807, 2.05) is 49.4 Å². The lowest BCUT2D eigenvalue weighted by Crippen LogP contribution is -2.41. The van der Waals surface area contributed by atoms with Gasteiger partial charge in [-0.2, -0.15) is 9.41 Å². The van der Waals surface area contributed by atoms with E-state index in [2.05, 4.69) is 10.5 Å². The second-order valence-electron chi connectivity index (χ2n) is 8.12. The number of hydrogen-bond donors (Lipinski definition) is 1. The monoisotopic (exact) mass is 481 g/mol. The van der Waals surface area contributed by atoms with Crippen LogP contribution >= 0.6 is 0 Å². The van der Waals surface area contributed by atoms with E-state index in [0.717, 1.165) is 11.1 Å². The van der Waals surface area contributed by atoms with Crippen molar-refractivity contribution in [3.8, 4) is 0 Å². The highest BCUT2D eigenvalue weighted by atomic mass is 32.2. The van der Waals surface area contributed by atoms with Crippen molar-refractivity contribution in [3.05, 3.63) is 100 Å². The van der Waals surface area contributed by atoms with Crippen molar-refractivity contribution in [2.24, 2.45) is 5.10 Å². The van der Waals surface area contributed by atoms with Crippen molar-refractivity contribution >= 4 is 22.1 Å². The molecule has 0 bridgehead atoms. The number of hydrogen-bond acceptors (Lipinski definition) is 4. The number of aryl methyl sites for hydroxylation is 3. The molecule has 0 saturated heterocycles. The molecule has 0 unspecified atom stereocenters. The number of nitrogens with zero attached hydrogens (tertiary/aromatic N) is 2. The first-order valence-corrected chi connectivity index (χ1v) is 12.3. The van der Waals surface area contributed by atoms with E-state index in [0.29, 0.717) is 17.5 Å². The third-order valence-electron chi connectivity index (χ3n) is 5.31. The molecule has 0 aromatic heterocycles. The van der Waals surface area contributed by atoms with Crippen LogP contribution in [0.3, 0.4) is 0 Å². The molecule has 0 aliphatic heterocycles. The van der Waals surface area contributed by atoms with E-state index in [1.165, 1.54) is 22.7 Å². The Morgan fingerprint density at radius 1 is 1.00 bits per heavy atom. The van der Waals surface area contributed by atoms with Crippen molar-refractivity contribution in [2.45, 2.75) is 32.1 Å². The highest BCUT2D eigenvalue weighted by molar-refractivity contribution is 7.89. The molecule has 0 radical (unpaired) electrons. The van der Waals surface area contributed by atoms with Gasteiger partial charge in [0.1, 0.15) is 5.82 Å². The molecule has 0 atom stereocenters. The topological polar surface area (TPSA) is 78.8 Å². The number of rotatable bonds is 9. The van der Waals surface area contributed by atoms with Crippen LogP contribution in [-0.2, 0) is 21.2 Å². The van der Waals surface area contributed by atoms with Crippen LogP contribution in [-0.4, -0.2) is 37.9 Å². The van der Waals surface area contributed by atoms with E-state index < -0.39 is 28.3 Å². The van der Waals surface area contributed by atoms with E-state index >= 15 is 0 Å². The average molecular weight is 482 g/mol. The fraction of sp³-hybridized carbons (Fsp3) is 0.231. The molecule has 3 aromatic rings. The van der Waals surface area contributed by atoms with E-state index in [4.69, 9.17) is 0 Å². The van der Waals surface area contributed by atoms with Gasteiger partial charge in [-0.3, -0.25) is 4.79 Å². The van der Waals surface area contributed by atoms with Crippen LogP contribution in [0.1, 0.15) is 27.8 Å². The Balaban J connectivity index is 1.83. The number of nitrogens with one attached hydrogen (secondary N) is 1. The van der Waals surface area contributed by atoms with Gasteiger partial charge in [-0.15, -0.1) is 0 Å². The predicted octanol–water partition coefficient (Wildman–Crippen LogP) is 4.13. The molecule has 0 heterocycles. The predicted molar refractivity (Wildman–Crippen MR) is 132 cm³/mol. The standard InChI is InChI=1S/C26H28FN3O3S/c1-19-15-20(2)26(21(3)16-19)34(32,33)30(14-13-22-9-5-4-6-10-22)18-25(31)29-28-17-23-11-7-8-12-24(23)27/h4-12,15-17H,13-14,18H2,1-3H3,(H,29,31). The summed E-state index contributed by atoms with van der Waals surface area (Å²) >= 11 is 0.